The van der Waals surface area contributed by atoms with Gasteiger partial charge in [-0.3, -0.25) is 4.98 Å². The number of para-hydroxylation sites is 1. The van der Waals surface area contributed by atoms with E-state index in [9.17, 15) is 0 Å². The number of pyridine rings is 1. The minimum atomic E-state index is -0.297. The van der Waals surface area contributed by atoms with Gasteiger partial charge in [0, 0.05) is 49.5 Å². The summed E-state index contributed by atoms with van der Waals surface area (Å²) in [6, 6.07) is 12.8. The van der Waals surface area contributed by atoms with E-state index in [1.165, 1.54) is 18.5 Å². The first-order valence-electron chi connectivity index (χ1n) is 9.98. The number of hydrogen-bond donors (Lipinski definition) is 1. The number of nitrogens with zero attached hydrogens (tertiary/aromatic N) is 3. The highest BCUT2D eigenvalue weighted by atomic mass is 16.5. The molecule has 27 heavy (non-hydrogen) atoms. The number of hydrazine groups is 1. The molecule has 1 saturated heterocycles. The highest BCUT2D eigenvalue weighted by molar-refractivity contribution is 5.67. The molecule has 1 fully saturated rings. The van der Waals surface area contributed by atoms with Gasteiger partial charge in [0.2, 0.25) is 0 Å². The van der Waals surface area contributed by atoms with Crippen LogP contribution in [0.1, 0.15) is 43.4 Å². The highest BCUT2D eigenvalue weighted by Gasteiger charge is 2.51. The van der Waals surface area contributed by atoms with Crippen molar-refractivity contribution in [2.75, 3.05) is 19.6 Å². The van der Waals surface area contributed by atoms with Gasteiger partial charge < -0.3 is 15.1 Å². The molecule has 140 valence electrons. The summed E-state index contributed by atoms with van der Waals surface area (Å²) >= 11 is 0. The molecule has 0 unspecified atom stereocenters. The van der Waals surface area contributed by atoms with Gasteiger partial charge in [0.05, 0.1) is 11.7 Å². The Hall–Kier alpha value is -2.37. The molecule has 0 bridgehead atoms. The molecular formula is C22H26N4O. The van der Waals surface area contributed by atoms with E-state index in [4.69, 9.17) is 4.74 Å². The molecule has 1 N–H and O–H groups in total. The van der Waals surface area contributed by atoms with E-state index < -0.39 is 0 Å². The average molecular weight is 362 g/mol. The van der Waals surface area contributed by atoms with Crippen LogP contribution in [0.5, 0.6) is 5.75 Å². The molecule has 5 rings (SSSR count). The van der Waals surface area contributed by atoms with Crippen LogP contribution >= 0.6 is 0 Å². The van der Waals surface area contributed by atoms with Gasteiger partial charge in [-0.25, -0.2) is 0 Å². The molecule has 3 aliphatic heterocycles. The van der Waals surface area contributed by atoms with Gasteiger partial charge in [-0.15, -0.1) is 0 Å². The van der Waals surface area contributed by atoms with Gasteiger partial charge in [0.25, 0.3) is 0 Å². The molecule has 1 spiro atoms. The molecule has 5 heteroatoms. The topological polar surface area (TPSA) is 40.6 Å². The third kappa shape index (κ3) is 2.82. The Labute approximate surface area is 160 Å². The van der Waals surface area contributed by atoms with Crippen LogP contribution < -0.4 is 10.2 Å². The van der Waals surface area contributed by atoms with Gasteiger partial charge >= 0.3 is 0 Å². The van der Waals surface area contributed by atoms with Crippen molar-refractivity contribution in [3.05, 3.63) is 66.0 Å². The van der Waals surface area contributed by atoms with E-state index >= 15 is 0 Å². The van der Waals surface area contributed by atoms with Crippen molar-refractivity contribution in [3.63, 3.8) is 0 Å². The first-order chi connectivity index (χ1) is 13.3. The fourth-order valence-corrected chi connectivity index (χ4v) is 4.60. The third-order valence-corrected chi connectivity index (χ3v) is 5.99. The predicted molar refractivity (Wildman–Crippen MR) is 106 cm³/mol. The van der Waals surface area contributed by atoms with Crippen LogP contribution in [0.4, 0.5) is 0 Å². The lowest BCUT2D eigenvalue weighted by Gasteiger charge is -2.51. The summed E-state index contributed by atoms with van der Waals surface area (Å²) in [7, 11) is 0. The first-order valence-corrected chi connectivity index (χ1v) is 9.98. The van der Waals surface area contributed by atoms with Crippen molar-refractivity contribution in [1.29, 1.82) is 0 Å². The normalized spacial score (nSPS) is 23.9. The lowest BCUT2D eigenvalue weighted by molar-refractivity contribution is -0.159. The molecule has 0 radical (unpaired) electrons. The van der Waals surface area contributed by atoms with Crippen molar-refractivity contribution in [3.8, 4) is 5.75 Å². The average Bonchev–Trinajstić information content (AvgIpc) is 3.18. The molecule has 1 aromatic heterocycles. The van der Waals surface area contributed by atoms with Gasteiger partial charge in [-0.1, -0.05) is 25.1 Å². The standard InChI is InChI=1S/C22H26N4O/c1-2-13-25-14-9-22(10-15-25)26-20(18-5-3-4-6-21(18)27-22)16-19(24-26)17-7-11-23-12-8-17/h3-8,11-12,16,20,24H,2,9-10,13-15H2,1H3/t20-/m0/s1. The second-order valence-corrected chi connectivity index (χ2v) is 7.67. The van der Waals surface area contributed by atoms with Gasteiger partial charge in [0.15, 0.2) is 5.72 Å². The molecule has 1 atom stereocenters. The van der Waals surface area contributed by atoms with Crippen molar-refractivity contribution in [2.45, 2.75) is 38.0 Å². The largest absolute Gasteiger partial charge is 0.470 e. The zero-order valence-corrected chi connectivity index (χ0v) is 15.8. The number of aromatic nitrogens is 1. The van der Waals surface area contributed by atoms with Crippen LogP contribution in [0.25, 0.3) is 5.70 Å². The van der Waals surface area contributed by atoms with Crippen LogP contribution in [0.15, 0.2) is 54.9 Å². The smallest absolute Gasteiger partial charge is 0.182 e. The number of ether oxygens (including phenoxy) is 1. The summed E-state index contributed by atoms with van der Waals surface area (Å²) in [5, 5.41) is 2.36. The molecule has 2 aromatic rings. The minimum absolute atomic E-state index is 0.191. The zero-order valence-electron chi connectivity index (χ0n) is 15.8. The van der Waals surface area contributed by atoms with Crippen LogP contribution in [0.2, 0.25) is 0 Å². The van der Waals surface area contributed by atoms with E-state index in [0.29, 0.717) is 0 Å². The zero-order chi connectivity index (χ0) is 18.3. The van der Waals surface area contributed by atoms with Crippen LogP contribution in [0, 0.1) is 0 Å². The number of benzene rings is 1. The van der Waals surface area contributed by atoms with Crippen molar-refractivity contribution in [2.24, 2.45) is 0 Å². The second kappa shape index (κ2) is 6.66. The summed E-state index contributed by atoms with van der Waals surface area (Å²) in [5.74, 6) is 1.02. The summed E-state index contributed by atoms with van der Waals surface area (Å²) < 4.78 is 6.68. The first kappa shape index (κ1) is 16.8. The molecule has 5 nitrogen and oxygen atoms in total. The molecule has 1 aromatic carbocycles. The maximum absolute atomic E-state index is 6.68. The lowest BCUT2D eigenvalue weighted by atomic mass is 9.92. The maximum Gasteiger partial charge on any atom is 0.182 e. The van der Waals surface area contributed by atoms with E-state index in [1.807, 2.05) is 12.4 Å². The molecule has 0 amide bonds. The Balaban J connectivity index is 1.50. The van der Waals surface area contributed by atoms with Gasteiger partial charge in [0.1, 0.15) is 5.75 Å². The molecule has 0 aliphatic carbocycles. The quantitative estimate of drug-likeness (QED) is 0.904. The van der Waals surface area contributed by atoms with E-state index in [1.54, 1.807) is 0 Å². The molecule has 0 saturated carbocycles. The summed E-state index contributed by atoms with van der Waals surface area (Å²) in [5.41, 5.74) is 6.92. The van der Waals surface area contributed by atoms with E-state index in [2.05, 4.69) is 69.7 Å². The Bertz CT molecular complexity index is 842. The number of piperidine rings is 1. The van der Waals surface area contributed by atoms with Crippen molar-refractivity contribution >= 4 is 5.70 Å². The summed E-state index contributed by atoms with van der Waals surface area (Å²) in [4.78, 5) is 6.71. The fraction of sp³-hybridized carbons (Fsp3) is 0.409. The maximum atomic E-state index is 6.68. The highest BCUT2D eigenvalue weighted by Crippen LogP contribution is 2.48. The lowest BCUT2D eigenvalue weighted by Crippen LogP contribution is -2.63. The molecule has 3 aliphatic rings. The summed E-state index contributed by atoms with van der Waals surface area (Å²) in [6.07, 6.45) is 9.23. The SMILES string of the molecule is CCCN1CCC2(CC1)Oc1ccccc1[C@@H]1C=C(c3ccncc3)NN12. The summed E-state index contributed by atoms with van der Waals surface area (Å²) in [6.45, 7) is 5.57. The fourth-order valence-electron chi connectivity index (χ4n) is 4.60. The minimum Gasteiger partial charge on any atom is -0.470 e. The number of hydrogen-bond acceptors (Lipinski definition) is 5. The Morgan fingerprint density at radius 2 is 1.93 bits per heavy atom. The van der Waals surface area contributed by atoms with Crippen LogP contribution in [-0.2, 0) is 0 Å². The van der Waals surface area contributed by atoms with E-state index in [-0.39, 0.29) is 11.8 Å². The van der Waals surface area contributed by atoms with E-state index in [0.717, 1.165) is 42.9 Å². The predicted octanol–water partition coefficient (Wildman–Crippen LogP) is 3.58. The Morgan fingerprint density at radius 3 is 2.70 bits per heavy atom. The third-order valence-electron chi connectivity index (χ3n) is 5.99. The number of likely N-dealkylation sites (tertiary alicyclic amines) is 1. The van der Waals surface area contributed by atoms with Crippen LogP contribution in [-0.4, -0.2) is 40.3 Å². The Kier molecular flexibility index (Phi) is 4.14. The van der Waals surface area contributed by atoms with Gasteiger partial charge in [-0.05, 0) is 37.2 Å². The Morgan fingerprint density at radius 1 is 1.15 bits per heavy atom. The number of nitrogens with one attached hydrogen (secondary N) is 1. The molecular weight excluding hydrogens is 336 g/mol. The number of fused-ring (bicyclic) bond motifs is 4. The van der Waals surface area contributed by atoms with Crippen molar-refractivity contribution < 1.29 is 4.74 Å². The second-order valence-electron chi connectivity index (χ2n) is 7.67. The van der Waals surface area contributed by atoms with Crippen LogP contribution in [0.3, 0.4) is 0 Å². The van der Waals surface area contributed by atoms with Gasteiger partial charge in [-0.2, -0.15) is 5.01 Å². The monoisotopic (exact) mass is 362 g/mol. The van der Waals surface area contributed by atoms with Crippen molar-refractivity contribution in [1.82, 2.24) is 20.3 Å². The number of rotatable bonds is 3. The molecule has 4 heterocycles.